The highest BCUT2D eigenvalue weighted by molar-refractivity contribution is 6.19. The molecular weight excluding hydrogens is 821 g/mol. The van der Waals surface area contributed by atoms with Crippen LogP contribution in [0.25, 0.3) is 104 Å². The van der Waals surface area contributed by atoms with Gasteiger partial charge in [-0.25, -0.2) is 0 Å². The molecule has 0 aliphatic carbocycles. The van der Waals surface area contributed by atoms with Crippen molar-refractivity contribution in [2.75, 3.05) is 4.90 Å². The fraction of sp³-hybridized carbons (Fsp3) is 0. The van der Waals surface area contributed by atoms with Gasteiger partial charge in [-0.2, -0.15) is 0 Å². The zero-order chi connectivity index (χ0) is 45.0. The first-order valence-corrected chi connectivity index (χ1v) is 23.4. The third kappa shape index (κ3) is 6.82. The van der Waals surface area contributed by atoms with Gasteiger partial charge in [0, 0.05) is 33.5 Å². The molecule has 0 aliphatic heterocycles. The van der Waals surface area contributed by atoms with E-state index in [4.69, 9.17) is 0 Å². The lowest BCUT2D eigenvalue weighted by molar-refractivity contribution is 1.18. The van der Waals surface area contributed by atoms with Gasteiger partial charge in [0.05, 0.1) is 11.0 Å². The summed E-state index contributed by atoms with van der Waals surface area (Å²) in [6.07, 6.45) is 0. The van der Waals surface area contributed by atoms with Gasteiger partial charge in [0.15, 0.2) is 0 Å². The van der Waals surface area contributed by atoms with Crippen LogP contribution in [0.1, 0.15) is 0 Å². The maximum absolute atomic E-state index is 2.42. The van der Waals surface area contributed by atoms with Crippen molar-refractivity contribution in [1.29, 1.82) is 0 Å². The Morgan fingerprint density at radius 2 is 0.794 bits per heavy atom. The van der Waals surface area contributed by atoms with Crippen LogP contribution in [-0.4, -0.2) is 4.57 Å². The maximum Gasteiger partial charge on any atom is 0.0547 e. The van der Waals surface area contributed by atoms with E-state index >= 15 is 0 Å². The van der Waals surface area contributed by atoms with Crippen molar-refractivity contribution < 1.29 is 0 Å². The minimum absolute atomic E-state index is 1.08. The van der Waals surface area contributed by atoms with Crippen LogP contribution in [0, 0.1) is 0 Å². The van der Waals surface area contributed by atoms with E-state index in [-0.39, 0.29) is 0 Å². The van der Waals surface area contributed by atoms with Gasteiger partial charge < -0.3 is 9.47 Å². The third-order valence-electron chi connectivity index (χ3n) is 13.7. The molecule has 0 radical (unpaired) electrons. The molecule has 1 aromatic heterocycles. The fourth-order valence-corrected chi connectivity index (χ4v) is 10.5. The molecule has 1 heterocycles. The van der Waals surface area contributed by atoms with Gasteiger partial charge in [0.1, 0.15) is 0 Å². The zero-order valence-electron chi connectivity index (χ0n) is 37.3. The molecule has 0 fully saturated rings. The Bertz CT molecular complexity index is 4000. The van der Waals surface area contributed by atoms with Crippen molar-refractivity contribution >= 4 is 71.2 Å². The summed E-state index contributed by atoms with van der Waals surface area (Å²) in [5, 5.41) is 10.0. The lowest BCUT2D eigenvalue weighted by Crippen LogP contribution is -2.10. The molecular formula is C66H44N2. The molecule has 0 N–H and O–H groups in total. The highest BCUT2D eigenvalue weighted by Gasteiger charge is 2.20. The van der Waals surface area contributed by atoms with E-state index in [0.29, 0.717) is 0 Å². The Kier molecular flexibility index (Phi) is 9.54. The number of para-hydroxylation sites is 1. The number of hydrogen-bond acceptors (Lipinski definition) is 1. The molecule has 0 spiro atoms. The van der Waals surface area contributed by atoms with Gasteiger partial charge in [0.25, 0.3) is 0 Å². The second-order valence-corrected chi connectivity index (χ2v) is 17.7. The molecule has 2 nitrogen and oxygen atoms in total. The molecule has 68 heavy (non-hydrogen) atoms. The summed E-state index contributed by atoms with van der Waals surface area (Å²) < 4.78 is 2.42. The minimum atomic E-state index is 1.08. The predicted octanol–water partition coefficient (Wildman–Crippen LogP) is 18.4. The Balaban J connectivity index is 0.951. The van der Waals surface area contributed by atoms with E-state index in [1.807, 2.05) is 0 Å². The Morgan fingerprint density at radius 1 is 0.250 bits per heavy atom. The van der Waals surface area contributed by atoms with E-state index < -0.39 is 0 Å². The number of hydrogen-bond donors (Lipinski definition) is 0. The second kappa shape index (κ2) is 16.5. The first-order valence-electron chi connectivity index (χ1n) is 23.4. The molecule has 13 aromatic rings. The summed E-state index contributed by atoms with van der Waals surface area (Å²) in [6, 6.07) is 97.5. The van der Waals surface area contributed by atoms with Crippen LogP contribution in [0.15, 0.2) is 267 Å². The molecule has 0 atom stereocenters. The van der Waals surface area contributed by atoms with E-state index in [1.165, 1.54) is 93.1 Å². The van der Waals surface area contributed by atoms with Crippen LogP contribution >= 0.6 is 0 Å². The van der Waals surface area contributed by atoms with Crippen molar-refractivity contribution in [2.45, 2.75) is 0 Å². The van der Waals surface area contributed by atoms with Gasteiger partial charge in [-0.15, -0.1) is 0 Å². The number of anilines is 3. The van der Waals surface area contributed by atoms with Crippen molar-refractivity contribution in [3.05, 3.63) is 267 Å². The van der Waals surface area contributed by atoms with Crippen LogP contribution in [0.3, 0.4) is 0 Å². The van der Waals surface area contributed by atoms with Crippen LogP contribution in [0.2, 0.25) is 0 Å². The van der Waals surface area contributed by atoms with Crippen LogP contribution < -0.4 is 4.90 Å². The fourth-order valence-electron chi connectivity index (χ4n) is 10.5. The largest absolute Gasteiger partial charge is 0.310 e. The summed E-state index contributed by atoms with van der Waals surface area (Å²) in [4.78, 5) is 2.40. The van der Waals surface area contributed by atoms with Crippen molar-refractivity contribution in [2.24, 2.45) is 0 Å². The predicted molar refractivity (Wildman–Crippen MR) is 290 cm³/mol. The molecule has 0 amide bonds. The number of fused-ring (bicyclic) bond motifs is 7. The summed E-state index contributed by atoms with van der Waals surface area (Å²) in [7, 11) is 0. The summed E-state index contributed by atoms with van der Waals surface area (Å²) >= 11 is 0. The van der Waals surface area contributed by atoms with E-state index in [1.54, 1.807) is 0 Å². The second-order valence-electron chi connectivity index (χ2n) is 17.7. The summed E-state index contributed by atoms with van der Waals surface area (Å²) in [6.45, 7) is 0. The smallest absolute Gasteiger partial charge is 0.0547 e. The molecule has 12 aromatic carbocycles. The summed E-state index contributed by atoms with van der Waals surface area (Å²) in [5.74, 6) is 0. The molecule has 2 heteroatoms. The van der Waals surface area contributed by atoms with Crippen LogP contribution in [0.4, 0.5) is 17.1 Å². The standard InChI is InChI=1S/C66H44N2/c1-3-15-46(16-4-1)58-25-11-12-26-60(58)48-33-38-56(39-34-48)67(55-36-31-45(32-37-55)51-35-40-61-53(41-51)30-29-47-17-9-10-24-59(47)61)57-23-13-20-52(42-57)62-27-14-28-64-66(62)63-43-49-18-7-8-19-50(49)44-65(63)68(64)54-21-5-2-6-22-54/h1-44H. The monoisotopic (exact) mass is 864 g/mol. The normalized spacial score (nSPS) is 11.5. The van der Waals surface area contributed by atoms with Crippen LogP contribution in [0.5, 0.6) is 0 Å². The number of rotatable bonds is 8. The number of nitrogens with zero attached hydrogens (tertiary/aromatic N) is 2. The average Bonchev–Trinajstić information content (AvgIpc) is 3.74. The summed E-state index contributed by atoms with van der Waals surface area (Å²) in [5.41, 5.74) is 16.3. The Hall–Kier alpha value is -8.98. The number of benzene rings is 12. The Labute approximate surface area is 395 Å². The van der Waals surface area contributed by atoms with Gasteiger partial charge in [0.2, 0.25) is 0 Å². The Morgan fingerprint density at radius 3 is 1.54 bits per heavy atom. The lowest BCUT2D eigenvalue weighted by Gasteiger charge is -2.26. The van der Waals surface area contributed by atoms with Crippen molar-refractivity contribution in [1.82, 2.24) is 4.57 Å². The quantitative estimate of drug-likeness (QED) is 0.138. The number of aromatic nitrogens is 1. The highest BCUT2D eigenvalue weighted by Crippen LogP contribution is 2.44. The zero-order valence-corrected chi connectivity index (χ0v) is 37.3. The van der Waals surface area contributed by atoms with Gasteiger partial charge in [-0.1, -0.05) is 194 Å². The maximum atomic E-state index is 2.42. The van der Waals surface area contributed by atoms with E-state index in [9.17, 15) is 0 Å². The molecule has 318 valence electrons. The molecule has 0 aliphatic rings. The molecule has 13 rings (SSSR count). The molecule has 0 bridgehead atoms. The highest BCUT2D eigenvalue weighted by atomic mass is 15.1. The van der Waals surface area contributed by atoms with Crippen molar-refractivity contribution in [3.63, 3.8) is 0 Å². The SMILES string of the molecule is c1ccc(-c2ccccc2-c2ccc(N(c3ccc(-c4ccc5c(ccc6ccccc65)c4)cc3)c3cccc(-c4cccc5c4c4cc6ccccc6cc4n5-c4ccccc4)c3)cc2)cc1. The van der Waals surface area contributed by atoms with E-state index in [2.05, 4.69) is 276 Å². The van der Waals surface area contributed by atoms with Gasteiger partial charge in [-0.3, -0.25) is 0 Å². The topological polar surface area (TPSA) is 8.17 Å². The molecule has 0 saturated carbocycles. The van der Waals surface area contributed by atoms with Gasteiger partial charge >= 0.3 is 0 Å². The van der Waals surface area contributed by atoms with E-state index in [0.717, 1.165) is 28.3 Å². The molecule has 0 unspecified atom stereocenters. The first kappa shape index (κ1) is 39.4. The lowest BCUT2D eigenvalue weighted by atomic mass is 9.94. The minimum Gasteiger partial charge on any atom is -0.310 e. The van der Waals surface area contributed by atoms with Gasteiger partial charge in [-0.05, 0) is 150 Å². The van der Waals surface area contributed by atoms with Crippen LogP contribution in [-0.2, 0) is 0 Å². The first-order chi connectivity index (χ1) is 33.7. The van der Waals surface area contributed by atoms with Crippen molar-refractivity contribution in [3.8, 4) is 50.2 Å². The molecule has 0 saturated heterocycles. The third-order valence-corrected chi connectivity index (χ3v) is 13.7. The average molecular weight is 865 g/mol.